The van der Waals surface area contributed by atoms with Crippen molar-refractivity contribution in [1.82, 2.24) is 0 Å². The monoisotopic (exact) mass is 213 g/mol. The van der Waals surface area contributed by atoms with Gasteiger partial charge in [0.2, 0.25) is 0 Å². The molecule has 15 heavy (non-hydrogen) atoms. The molecule has 1 rings (SSSR count). The average Bonchev–Trinajstić information content (AvgIpc) is 2.25. The van der Waals surface area contributed by atoms with Crippen LogP contribution in [-0.2, 0) is 0 Å². The lowest BCUT2D eigenvalue weighted by Gasteiger charge is -2.11. The number of ether oxygens (including phenoxy) is 2. The van der Waals surface area contributed by atoms with Crippen LogP contribution in [0.15, 0.2) is 18.2 Å². The van der Waals surface area contributed by atoms with Gasteiger partial charge in [-0.3, -0.25) is 0 Å². The van der Waals surface area contributed by atoms with Crippen LogP contribution in [0.4, 0.5) is 4.39 Å². The average molecular weight is 213 g/mol. The van der Waals surface area contributed by atoms with Gasteiger partial charge in [-0.05, 0) is 18.6 Å². The third-order valence-electron chi connectivity index (χ3n) is 1.74. The topological polar surface area (TPSA) is 44.5 Å². The molecular formula is C11H16FNO2. The number of hydrogen-bond acceptors (Lipinski definition) is 3. The van der Waals surface area contributed by atoms with Crippen molar-refractivity contribution < 1.29 is 13.9 Å². The molecule has 0 saturated carbocycles. The zero-order valence-electron chi connectivity index (χ0n) is 8.83. The summed E-state index contributed by atoms with van der Waals surface area (Å²) in [6.45, 7) is 3.34. The van der Waals surface area contributed by atoms with Gasteiger partial charge in [-0.1, -0.05) is 6.92 Å². The van der Waals surface area contributed by atoms with Crippen molar-refractivity contribution in [3.05, 3.63) is 24.0 Å². The highest BCUT2D eigenvalue weighted by atomic mass is 19.1. The first-order valence-corrected chi connectivity index (χ1v) is 5.03. The number of nitrogens with two attached hydrogens (primary N) is 1. The molecule has 0 radical (unpaired) electrons. The predicted octanol–water partition coefficient (Wildman–Crippen LogP) is 1.95. The van der Waals surface area contributed by atoms with Crippen LogP contribution in [0, 0.1) is 5.82 Å². The van der Waals surface area contributed by atoms with E-state index in [9.17, 15) is 4.39 Å². The summed E-state index contributed by atoms with van der Waals surface area (Å²) in [5.41, 5.74) is 5.31. The molecule has 0 spiro atoms. The molecule has 0 aliphatic carbocycles. The molecule has 1 aromatic carbocycles. The number of hydrogen-bond donors (Lipinski definition) is 1. The van der Waals surface area contributed by atoms with Gasteiger partial charge < -0.3 is 15.2 Å². The molecule has 0 amide bonds. The highest BCUT2D eigenvalue weighted by Crippen LogP contribution is 2.27. The van der Waals surface area contributed by atoms with E-state index in [1.54, 1.807) is 6.07 Å². The van der Waals surface area contributed by atoms with E-state index < -0.39 is 0 Å². The summed E-state index contributed by atoms with van der Waals surface area (Å²) in [4.78, 5) is 0. The zero-order valence-corrected chi connectivity index (χ0v) is 8.83. The van der Waals surface area contributed by atoms with Gasteiger partial charge in [-0.2, -0.15) is 0 Å². The van der Waals surface area contributed by atoms with E-state index in [2.05, 4.69) is 0 Å². The van der Waals surface area contributed by atoms with Gasteiger partial charge in [-0.15, -0.1) is 0 Å². The van der Waals surface area contributed by atoms with E-state index in [-0.39, 0.29) is 5.82 Å². The molecule has 3 nitrogen and oxygen atoms in total. The SMILES string of the molecule is CCCOc1ccc(F)cc1OCCN. The zero-order chi connectivity index (χ0) is 11.1. The first-order valence-electron chi connectivity index (χ1n) is 5.03. The second-order valence-corrected chi connectivity index (χ2v) is 3.08. The van der Waals surface area contributed by atoms with E-state index in [1.165, 1.54) is 12.1 Å². The molecule has 0 aromatic heterocycles. The molecule has 0 aliphatic rings. The molecule has 0 aliphatic heterocycles. The summed E-state index contributed by atoms with van der Waals surface area (Å²) in [6.07, 6.45) is 0.897. The molecule has 0 heterocycles. The maximum Gasteiger partial charge on any atom is 0.164 e. The molecule has 1 aromatic rings. The minimum atomic E-state index is -0.342. The van der Waals surface area contributed by atoms with Crippen molar-refractivity contribution in [2.24, 2.45) is 5.73 Å². The third-order valence-corrected chi connectivity index (χ3v) is 1.74. The van der Waals surface area contributed by atoms with E-state index in [0.717, 1.165) is 6.42 Å². The second-order valence-electron chi connectivity index (χ2n) is 3.08. The lowest BCUT2D eigenvalue weighted by molar-refractivity contribution is 0.271. The third kappa shape index (κ3) is 3.75. The van der Waals surface area contributed by atoms with Gasteiger partial charge in [0.1, 0.15) is 12.4 Å². The number of benzene rings is 1. The van der Waals surface area contributed by atoms with Crippen LogP contribution < -0.4 is 15.2 Å². The molecule has 4 heteroatoms. The summed E-state index contributed by atoms with van der Waals surface area (Å²) < 4.78 is 23.6. The largest absolute Gasteiger partial charge is 0.490 e. The Kier molecular flexibility index (Phi) is 4.90. The second kappa shape index (κ2) is 6.24. The maximum absolute atomic E-state index is 12.9. The van der Waals surface area contributed by atoms with Gasteiger partial charge in [0.15, 0.2) is 11.5 Å². The van der Waals surface area contributed by atoms with Gasteiger partial charge in [0.05, 0.1) is 6.61 Å². The fraction of sp³-hybridized carbons (Fsp3) is 0.455. The Bertz CT molecular complexity index is 305. The van der Waals surface area contributed by atoms with Crippen molar-refractivity contribution in [1.29, 1.82) is 0 Å². The van der Waals surface area contributed by atoms with E-state index in [0.29, 0.717) is 31.3 Å². The predicted molar refractivity (Wildman–Crippen MR) is 56.7 cm³/mol. The summed E-state index contributed by atoms with van der Waals surface area (Å²) in [6, 6.07) is 4.22. The normalized spacial score (nSPS) is 10.1. The smallest absolute Gasteiger partial charge is 0.164 e. The number of halogens is 1. The number of rotatable bonds is 6. The fourth-order valence-corrected chi connectivity index (χ4v) is 1.09. The van der Waals surface area contributed by atoms with Crippen LogP contribution in [-0.4, -0.2) is 19.8 Å². The van der Waals surface area contributed by atoms with Crippen LogP contribution in [0.25, 0.3) is 0 Å². The molecule has 2 N–H and O–H groups in total. The molecule has 0 bridgehead atoms. The highest BCUT2D eigenvalue weighted by Gasteiger charge is 2.06. The molecule has 0 unspecified atom stereocenters. The van der Waals surface area contributed by atoms with Gasteiger partial charge in [0.25, 0.3) is 0 Å². The quantitative estimate of drug-likeness (QED) is 0.785. The summed E-state index contributed by atoms with van der Waals surface area (Å²) >= 11 is 0. The maximum atomic E-state index is 12.9. The first kappa shape index (κ1) is 11.8. The van der Waals surface area contributed by atoms with E-state index in [1.807, 2.05) is 6.92 Å². The highest BCUT2D eigenvalue weighted by molar-refractivity contribution is 5.40. The van der Waals surface area contributed by atoms with Crippen LogP contribution in [0.3, 0.4) is 0 Å². The van der Waals surface area contributed by atoms with Crippen LogP contribution in [0.5, 0.6) is 11.5 Å². The van der Waals surface area contributed by atoms with Crippen molar-refractivity contribution >= 4 is 0 Å². The van der Waals surface area contributed by atoms with Crippen LogP contribution in [0.1, 0.15) is 13.3 Å². The molecule has 0 fully saturated rings. The lowest BCUT2D eigenvalue weighted by atomic mass is 10.3. The van der Waals surface area contributed by atoms with Crippen LogP contribution >= 0.6 is 0 Å². The van der Waals surface area contributed by atoms with Gasteiger partial charge in [0, 0.05) is 12.6 Å². The fourth-order valence-electron chi connectivity index (χ4n) is 1.09. The molecule has 0 atom stereocenters. The minimum Gasteiger partial charge on any atom is -0.490 e. The van der Waals surface area contributed by atoms with Crippen molar-refractivity contribution in [3.63, 3.8) is 0 Å². The Labute approximate surface area is 89.0 Å². The van der Waals surface area contributed by atoms with E-state index in [4.69, 9.17) is 15.2 Å². The summed E-state index contributed by atoms with van der Waals surface area (Å²) in [7, 11) is 0. The summed E-state index contributed by atoms with van der Waals surface area (Å²) in [5, 5.41) is 0. The minimum absolute atomic E-state index is 0.342. The Morgan fingerprint density at radius 3 is 2.60 bits per heavy atom. The Hall–Kier alpha value is -1.29. The van der Waals surface area contributed by atoms with Gasteiger partial charge in [-0.25, -0.2) is 4.39 Å². The molecular weight excluding hydrogens is 197 g/mol. The first-order chi connectivity index (χ1) is 7.27. The van der Waals surface area contributed by atoms with Crippen molar-refractivity contribution in [2.75, 3.05) is 19.8 Å². The standard InChI is InChI=1S/C11H16FNO2/c1-2-6-14-10-4-3-9(12)8-11(10)15-7-5-13/h3-4,8H,2,5-7,13H2,1H3. The van der Waals surface area contributed by atoms with Crippen LogP contribution in [0.2, 0.25) is 0 Å². The van der Waals surface area contributed by atoms with Crippen molar-refractivity contribution in [2.45, 2.75) is 13.3 Å². The van der Waals surface area contributed by atoms with E-state index >= 15 is 0 Å². The Morgan fingerprint density at radius 1 is 1.20 bits per heavy atom. The van der Waals surface area contributed by atoms with Gasteiger partial charge >= 0.3 is 0 Å². The molecule has 84 valence electrons. The van der Waals surface area contributed by atoms with Crippen molar-refractivity contribution in [3.8, 4) is 11.5 Å². The summed E-state index contributed by atoms with van der Waals surface area (Å²) in [5.74, 6) is 0.631. The lowest BCUT2D eigenvalue weighted by Crippen LogP contribution is -2.11. The Balaban J connectivity index is 2.73. The Morgan fingerprint density at radius 2 is 1.93 bits per heavy atom. The molecule has 0 saturated heterocycles.